The third-order valence-electron chi connectivity index (χ3n) is 1.99. The van der Waals surface area contributed by atoms with Gasteiger partial charge in [0.2, 0.25) is 0 Å². The number of rotatable bonds is 8. The second-order valence-corrected chi connectivity index (χ2v) is 4.11. The van der Waals surface area contributed by atoms with Crippen molar-refractivity contribution in [2.24, 2.45) is 0 Å². The van der Waals surface area contributed by atoms with E-state index in [4.69, 9.17) is 10.3 Å². The lowest BCUT2D eigenvalue weighted by Gasteiger charge is -1.98. The van der Waals surface area contributed by atoms with Gasteiger partial charge >= 0.3 is 5.97 Å². The zero-order valence-electron chi connectivity index (χ0n) is 10.9. The van der Waals surface area contributed by atoms with Crippen molar-refractivity contribution in [2.45, 2.75) is 58.3 Å². The van der Waals surface area contributed by atoms with Crippen LogP contribution in [0.25, 0.3) is 0 Å². The molecule has 0 aromatic carbocycles. The first-order valence-corrected chi connectivity index (χ1v) is 6.08. The maximum atomic E-state index is 10.1. The van der Waals surface area contributed by atoms with Gasteiger partial charge in [-0.25, -0.2) is 0 Å². The Morgan fingerprint density at radius 1 is 1.00 bits per heavy atom. The van der Waals surface area contributed by atoms with E-state index in [2.05, 4.69) is 6.92 Å². The summed E-state index contributed by atoms with van der Waals surface area (Å²) in [7, 11) is 3.11. The van der Waals surface area contributed by atoms with Gasteiger partial charge in [0.15, 0.2) is 0 Å². The summed E-state index contributed by atoms with van der Waals surface area (Å²) in [6, 6.07) is 0. The van der Waals surface area contributed by atoms with Crippen LogP contribution in [-0.4, -0.2) is 35.4 Å². The van der Waals surface area contributed by atoms with E-state index in [0.717, 1.165) is 17.9 Å². The van der Waals surface area contributed by atoms with Gasteiger partial charge in [-0.05, 0) is 6.42 Å². The molecule has 0 aliphatic carbocycles. The lowest BCUT2D eigenvalue weighted by molar-refractivity contribution is -0.137. The molecule has 16 heavy (non-hydrogen) atoms. The molecule has 0 unspecified atom stereocenters. The molecule has 0 saturated heterocycles. The highest BCUT2D eigenvalue weighted by Gasteiger charge is 1.95. The average molecular weight is 233 g/mol. The van der Waals surface area contributed by atoms with Gasteiger partial charge in [0, 0.05) is 20.5 Å². The van der Waals surface area contributed by atoms with Crippen molar-refractivity contribution in [3.8, 4) is 0 Å². The van der Waals surface area contributed by atoms with Crippen LogP contribution in [0.3, 0.4) is 0 Å². The van der Waals surface area contributed by atoms with Crippen LogP contribution in [-0.2, 0) is 4.79 Å². The molecule has 0 spiro atoms. The van der Waals surface area contributed by atoms with Crippen LogP contribution in [0.2, 0.25) is 0 Å². The van der Waals surface area contributed by atoms with Gasteiger partial charge in [-0.2, -0.15) is 5.06 Å². The summed E-state index contributed by atoms with van der Waals surface area (Å²) in [5.41, 5.74) is 0. The molecule has 0 bridgehead atoms. The number of carbonyl (C=O) groups is 1. The molecule has 0 saturated carbocycles. The SMILES string of the molecule is CCCCCCCCCC(=O)O.CN(C)O. The van der Waals surface area contributed by atoms with E-state index >= 15 is 0 Å². The third-order valence-corrected chi connectivity index (χ3v) is 1.99. The Kier molecular flexibility index (Phi) is 16.0. The number of aliphatic carboxylic acids is 1. The first-order chi connectivity index (χ1) is 7.50. The average Bonchev–Trinajstić information content (AvgIpc) is 2.15. The molecule has 0 aliphatic heterocycles. The van der Waals surface area contributed by atoms with Crippen LogP contribution in [0.5, 0.6) is 0 Å². The third kappa shape index (κ3) is 29.2. The predicted octanol–water partition coefficient (Wildman–Crippen LogP) is 3.15. The molecule has 0 rings (SSSR count). The fourth-order valence-corrected chi connectivity index (χ4v) is 1.23. The minimum atomic E-state index is -0.663. The number of hydrogen-bond acceptors (Lipinski definition) is 3. The topological polar surface area (TPSA) is 60.8 Å². The van der Waals surface area contributed by atoms with Crippen LogP contribution in [0, 0.1) is 0 Å². The molecule has 98 valence electrons. The second-order valence-electron chi connectivity index (χ2n) is 4.11. The lowest BCUT2D eigenvalue weighted by atomic mass is 10.1. The van der Waals surface area contributed by atoms with E-state index in [1.165, 1.54) is 32.1 Å². The summed E-state index contributed by atoms with van der Waals surface area (Å²) in [6.45, 7) is 2.20. The van der Waals surface area contributed by atoms with Crippen LogP contribution < -0.4 is 0 Å². The van der Waals surface area contributed by atoms with Gasteiger partial charge in [0.05, 0.1) is 0 Å². The van der Waals surface area contributed by atoms with Crippen molar-refractivity contribution in [3.05, 3.63) is 0 Å². The Balaban J connectivity index is 0. The van der Waals surface area contributed by atoms with Crippen molar-refractivity contribution in [1.82, 2.24) is 5.06 Å². The number of hydrogen-bond donors (Lipinski definition) is 2. The molecule has 0 aromatic rings. The lowest BCUT2D eigenvalue weighted by Crippen LogP contribution is -2.01. The Labute approximate surface area is 99.2 Å². The molecule has 0 aliphatic rings. The summed E-state index contributed by atoms with van der Waals surface area (Å²) in [6.07, 6.45) is 8.64. The van der Waals surface area contributed by atoms with Gasteiger partial charge in [0.1, 0.15) is 0 Å². The van der Waals surface area contributed by atoms with Crippen molar-refractivity contribution in [2.75, 3.05) is 14.1 Å². The normalized spacial score (nSPS) is 9.81. The number of carboxylic acids is 1. The van der Waals surface area contributed by atoms with Crippen molar-refractivity contribution >= 4 is 5.97 Å². The summed E-state index contributed by atoms with van der Waals surface area (Å²) < 4.78 is 0. The quantitative estimate of drug-likeness (QED) is 0.499. The molecular weight excluding hydrogens is 206 g/mol. The highest BCUT2D eigenvalue weighted by Crippen LogP contribution is 2.07. The summed E-state index contributed by atoms with van der Waals surface area (Å²) in [5.74, 6) is -0.663. The van der Waals surface area contributed by atoms with Crippen molar-refractivity contribution in [3.63, 3.8) is 0 Å². The van der Waals surface area contributed by atoms with E-state index in [1.807, 2.05) is 0 Å². The van der Waals surface area contributed by atoms with E-state index in [-0.39, 0.29) is 0 Å². The molecule has 0 fully saturated rings. The van der Waals surface area contributed by atoms with E-state index < -0.39 is 5.97 Å². The Bertz CT molecular complexity index is 146. The number of unbranched alkanes of at least 4 members (excludes halogenated alkanes) is 6. The molecular formula is C12H27NO3. The van der Waals surface area contributed by atoms with E-state index in [9.17, 15) is 4.79 Å². The minimum absolute atomic E-state index is 0.341. The van der Waals surface area contributed by atoms with Crippen LogP contribution >= 0.6 is 0 Å². The summed E-state index contributed by atoms with van der Waals surface area (Å²) >= 11 is 0. The maximum Gasteiger partial charge on any atom is 0.303 e. The van der Waals surface area contributed by atoms with Gasteiger partial charge in [0.25, 0.3) is 0 Å². The fraction of sp³-hybridized carbons (Fsp3) is 0.917. The summed E-state index contributed by atoms with van der Waals surface area (Å²) in [5, 5.41) is 17.2. The molecule has 4 nitrogen and oxygen atoms in total. The van der Waals surface area contributed by atoms with Gasteiger partial charge in [-0.3, -0.25) is 4.79 Å². The first kappa shape index (κ1) is 17.8. The first-order valence-electron chi connectivity index (χ1n) is 6.08. The number of hydroxylamine groups is 2. The molecule has 0 radical (unpaired) electrons. The largest absolute Gasteiger partial charge is 0.481 e. The summed E-state index contributed by atoms with van der Waals surface area (Å²) in [4.78, 5) is 10.1. The second kappa shape index (κ2) is 14.4. The molecule has 0 heterocycles. The standard InChI is InChI=1S/C10H20O2.C2H7NO/c1-2-3-4-5-6-7-8-9-10(11)12;1-3(2)4/h2-9H2,1H3,(H,11,12);4H,1-2H3. The molecule has 0 atom stereocenters. The zero-order valence-corrected chi connectivity index (χ0v) is 10.9. The zero-order chi connectivity index (χ0) is 12.8. The van der Waals surface area contributed by atoms with Crippen LogP contribution in [0.4, 0.5) is 0 Å². The van der Waals surface area contributed by atoms with Gasteiger partial charge < -0.3 is 10.3 Å². The predicted molar refractivity (Wildman–Crippen MR) is 65.7 cm³/mol. The highest BCUT2D eigenvalue weighted by molar-refractivity contribution is 5.66. The fourth-order valence-electron chi connectivity index (χ4n) is 1.23. The number of nitrogens with zero attached hydrogens (tertiary/aromatic N) is 1. The Morgan fingerprint density at radius 2 is 1.38 bits per heavy atom. The van der Waals surface area contributed by atoms with Crippen LogP contribution in [0.15, 0.2) is 0 Å². The van der Waals surface area contributed by atoms with Crippen molar-refractivity contribution < 1.29 is 15.1 Å². The van der Waals surface area contributed by atoms with E-state index in [1.54, 1.807) is 14.1 Å². The Hall–Kier alpha value is -0.610. The smallest absolute Gasteiger partial charge is 0.303 e. The minimum Gasteiger partial charge on any atom is -0.481 e. The van der Waals surface area contributed by atoms with Crippen LogP contribution in [0.1, 0.15) is 58.3 Å². The maximum absolute atomic E-state index is 10.1. The van der Waals surface area contributed by atoms with E-state index in [0.29, 0.717) is 6.42 Å². The molecule has 4 heteroatoms. The molecule has 2 N–H and O–H groups in total. The highest BCUT2D eigenvalue weighted by atomic mass is 16.5. The monoisotopic (exact) mass is 233 g/mol. The van der Waals surface area contributed by atoms with Gasteiger partial charge in [-0.15, -0.1) is 0 Å². The van der Waals surface area contributed by atoms with Gasteiger partial charge in [-0.1, -0.05) is 45.4 Å². The number of carboxylic acid groups (broad SMARTS) is 1. The molecule has 0 amide bonds. The Morgan fingerprint density at radius 3 is 1.75 bits per heavy atom. The molecule has 0 aromatic heterocycles. The van der Waals surface area contributed by atoms with Crippen molar-refractivity contribution in [1.29, 1.82) is 0 Å².